The van der Waals surface area contributed by atoms with Gasteiger partial charge >= 0.3 is 0 Å². The molecule has 2 aliphatic rings. The zero-order valence-corrected chi connectivity index (χ0v) is 18.2. The first-order valence-electron chi connectivity index (χ1n) is 10.8. The molecular weight excluding hydrogens is 412 g/mol. The van der Waals surface area contributed by atoms with Crippen molar-refractivity contribution in [1.82, 2.24) is 19.8 Å². The number of likely N-dealkylation sites (tertiary alicyclic amines) is 1. The van der Waals surface area contributed by atoms with Gasteiger partial charge in [0.05, 0.1) is 31.1 Å². The third-order valence-electron chi connectivity index (χ3n) is 6.13. The molecular formula is C23H26N4O3S. The zero-order valence-electron chi connectivity index (χ0n) is 17.4. The molecule has 0 bridgehead atoms. The van der Waals surface area contributed by atoms with E-state index in [4.69, 9.17) is 9.72 Å². The first-order chi connectivity index (χ1) is 15.2. The van der Waals surface area contributed by atoms with Crippen LogP contribution in [-0.4, -0.2) is 65.1 Å². The van der Waals surface area contributed by atoms with Gasteiger partial charge in [0.1, 0.15) is 10.7 Å². The third-order valence-corrected chi connectivity index (χ3v) is 7.00. The highest BCUT2D eigenvalue weighted by Gasteiger charge is 2.30. The molecule has 2 fully saturated rings. The largest absolute Gasteiger partial charge is 0.378 e. The van der Waals surface area contributed by atoms with Gasteiger partial charge in [0.2, 0.25) is 5.91 Å². The molecule has 1 unspecified atom stereocenters. The van der Waals surface area contributed by atoms with E-state index in [9.17, 15) is 9.59 Å². The Morgan fingerprint density at radius 2 is 2.00 bits per heavy atom. The van der Waals surface area contributed by atoms with E-state index < -0.39 is 0 Å². The highest BCUT2D eigenvalue weighted by molar-refractivity contribution is 7.17. The van der Waals surface area contributed by atoms with Crippen molar-refractivity contribution < 1.29 is 9.53 Å². The fourth-order valence-corrected chi connectivity index (χ4v) is 5.52. The minimum absolute atomic E-state index is 0.00808. The van der Waals surface area contributed by atoms with Crippen molar-refractivity contribution in [1.29, 1.82) is 0 Å². The summed E-state index contributed by atoms with van der Waals surface area (Å²) in [5.41, 5.74) is 1.85. The SMILES string of the molecule is O=C(C1CCCN(Cc2nc3scc(-c4ccccc4)c3c(=O)[nH]2)C1)N1CCOCC1. The average molecular weight is 439 g/mol. The number of H-pyrrole nitrogens is 1. The Kier molecular flexibility index (Phi) is 5.85. The summed E-state index contributed by atoms with van der Waals surface area (Å²) in [6.45, 7) is 4.78. The van der Waals surface area contributed by atoms with Gasteiger partial charge in [-0.1, -0.05) is 30.3 Å². The Balaban J connectivity index is 1.32. The van der Waals surface area contributed by atoms with Gasteiger partial charge in [-0.15, -0.1) is 11.3 Å². The molecule has 1 N–H and O–H groups in total. The second-order valence-corrected chi connectivity index (χ2v) is 9.08. The minimum atomic E-state index is -0.0990. The molecule has 162 valence electrons. The van der Waals surface area contributed by atoms with Crippen molar-refractivity contribution in [3.8, 4) is 11.1 Å². The van der Waals surface area contributed by atoms with Crippen LogP contribution in [0, 0.1) is 5.92 Å². The standard InChI is InChI=1S/C23H26N4O3S/c28-21-20-18(16-5-2-1-3-6-16)15-31-22(20)25-19(24-21)14-26-8-4-7-17(13-26)23(29)27-9-11-30-12-10-27/h1-3,5-6,15,17H,4,7-14H2,(H,24,25,28). The summed E-state index contributed by atoms with van der Waals surface area (Å²) in [6, 6.07) is 9.93. The van der Waals surface area contributed by atoms with Crippen LogP contribution in [0.4, 0.5) is 0 Å². The number of nitrogens with one attached hydrogen (secondary N) is 1. The average Bonchev–Trinajstić information content (AvgIpc) is 3.24. The van der Waals surface area contributed by atoms with Crippen molar-refractivity contribution in [2.45, 2.75) is 19.4 Å². The molecule has 0 spiro atoms. The maximum Gasteiger partial charge on any atom is 0.260 e. The molecule has 31 heavy (non-hydrogen) atoms. The van der Waals surface area contributed by atoms with Gasteiger partial charge in [-0.05, 0) is 24.9 Å². The molecule has 1 amide bonds. The molecule has 5 rings (SSSR count). The molecule has 2 aliphatic heterocycles. The number of thiophene rings is 1. The smallest absolute Gasteiger partial charge is 0.260 e. The predicted molar refractivity (Wildman–Crippen MR) is 121 cm³/mol. The van der Waals surface area contributed by atoms with Crippen LogP contribution in [0.1, 0.15) is 18.7 Å². The van der Waals surface area contributed by atoms with Crippen LogP contribution in [0.2, 0.25) is 0 Å². The summed E-state index contributed by atoms with van der Waals surface area (Å²) in [7, 11) is 0. The van der Waals surface area contributed by atoms with Gasteiger partial charge < -0.3 is 14.6 Å². The molecule has 1 aromatic carbocycles. The molecule has 4 heterocycles. The lowest BCUT2D eigenvalue weighted by Crippen LogP contribution is -2.48. The van der Waals surface area contributed by atoms with Crippen molar-refractivity contribution in [3.63, 3.8) is 0 Å². The van der Waals surface area contributed by atoms with E-state index in [2.05, 4.69) is 9.88 Å². The summed E-state index contributed by atoms with van der Waals surface area (Å²) in [6.07, 6.45) is 1.89. The molecule has 0 radical (unpaired) electrons. The number of hydrogen-bond donors (Lipinski definition) is 1. The highest BCUT2D eigenvalue weighted by Crippen LogP contribution is 2.30. The quantitative estimate of drug-likeness (QED) is 0.678. The van der Waals surface area contributed by atoms with Crippen LogP contribution in [0.15, 0.2) is 40.5 Å². The van der Waals surface area contributed by atoms with E-state index in [1.807, 2.05) is 40.6 Å². The van der Waals surface area contributed by atoms with E-state index in [-0.39, 0.29) is 17.4 Å². The van der Waals surface area contributed by atoms with E-state index in [1.54, 1.807) is 0 Å². The molecule has 2 aromatic heterocycles. The number of fused-ring (bicyclic) bond motifs is 1. The lowest BCUT2D eigenvalue weighted by atomic mass is 9.96. The Bertz CT molecular complexity index is 1120. The summed E-state index contributed by atoms with van der Waals surface area (Å²) in [5, 5.41) is 2.66. The number of aromatic amines is 1. The molecule has 0 aliphatic carbocycles. The van der Waals surface area contributed by atoms with Crippen LogP contribution in [0.3, 0.4) is 0 Å². The topological polar surface area (TPSA) is 78.5 Å². The molecule has 0 saturated carbocycles. The van der Waals surface area contributed by atoms with Gasteiger partial charge in [-0.25, -0.2) is 4.98 Å². The van der Waals surface area contributed by atoms with Crippen LogP contribution in [-0.2, 0) is 16.1 Å². The Hall–Kier alpha value is -2.55. The number of rotatable bonds is 4. The van der Waals surface area contributed by atoms with Crippen molar-refractivity contribution in [3.05, 3.63) is 51.9 Å². The molecule has 1 atom stereocenters. The monoisotopic (exact) mass is 438 g/mol. The van der Waals surface area contributed by atoms with Gasteiger partial charge in [-0.3, -0.25) is 14.5 Å². The second kappa shape index (κ2) is 8.90. The summed E-state index contributed by atoms with van der Waals surface area (Å²) in [5.74, 6) is 0.905. The van der Waals surface area contributed by atoms with Gasteiger partial charge in [-0.2, -0.15) is 0 Å². The second-order valence-electron chi connectivity index (χ2n) is 8.22. The van der Waals surface area contributed by atoms with E-state index in [0.29, 0.717) is 50.6 Å². The van der Waals surface area contributed by atoms with Crippen LogP contribution in [0.5, 0.6) is 0 Å². The van der Waals surface area contributed by atoms with Crippen LogP contribution in [0.25, 0.3) is 21.3 Å². The molecule has 7 nitrogen and oxygen atoms in total. The van der Waals surface area contributed by atoms with E-state index in [1.165, 1.54) is 11.3 Å². The first kappa shape index (κ1) is 20.4. The fourth-order valence-electron chi connectivity index (χ4n) is 4.55. The maximum atomic E-state index is 12.9. The van der Waals surface area contributed by atoms with E-state index in [0.717, 1.165) is 35.3 Å². The number of hydrogen-bond acceptors (Lipinski definition) is 6. The molecule has 3 aromatic rings. The van der Waals surface area contributed by atoms with Crippen LogP contribution < -0.4 is 5.56 Å². The number of benzene rings is 1. The Morgan fingerprint density at radius 1 is 1.19 bits per heavy atom. The van der Waals surface area contributed by atoms with Crippen molar-refractivity contribution in [2.24, 2.45) is 5.92 Å². The number of ether oxygens (including phenoxy) is 1. The third kappa shape index (κ3) is 4.28. The number of piperidine rings is 1. The van der Waals surface area contributed by atoms with Crippen molar-refractivity contribution in [2.75, 3.05) is 39.4 Å². The van der Waals surface area contributed by atoms with Crippen molar-refractivity contribution >= 4 is 27.5 Å². The first-order valence-corrected chi connectivity index (χ1v) is 11.7. The highest BCUT2D eigenvalue weighted by atomic mass is 32.1. The fraction of sp³-hybridized carbons (Fsp3) is 0.435. The molecule has 2 saturated heterocycles. The van der Waals surface area contributed by atoms with Gasteiger partial charge in [0.15, 0.2) is 0 Å². The Morgan fingerprint density at radius 3 is 2.81 bits per heavy atom. The number of amides is 1. The van der Waals surface area contributed by atoms with Gasteiger partial charge in [0.25, 0.3) is 5.56 Å². The predicted octanol–water partition coefficient (Wildman–Crippen LogP) is 2.72. The summed E-state index contributed by atoms with van der Waals surface area (Å²) < 4.78 is 5.37. The number of nitrogens with zero attached hydrogens (tertiary/aromatic N) is 3. The number of aromatic nitrogens is 2. The summed E-state index contributed by atoms with van der Waals surface area (Å²) >= 11 is 1.50. The lowest BCUT2D eigenvalue weighted by Gasteiger charge is -2.36. The van der Waals surface area contributed by atoms with Gasteiger partial charge in [0, 0.05) is 30.6 Å². The lowest BCUT2D eigenvalue weighted by molar-refractivity contribution is -0.141. The van der Waals surface area contributed by atoms with E-state index >= 15 is 0 Å². The minimum Gasteiger partial charge on any atom is -0.378 e. The Labute approximate surface area is 184 Å². The number of carbonyl (C=O) groups is 1. The maximum absolute atomic E-state index is 12.9. The zero-order chi connectivity index (χ0) is 21.2. The number of morpholine rings is 1. The summed E-state index contributed by atoms with van der Waals surface area (Å²) in [4.78, 5) is 38.4. The van der Waals surface area contributed by atoms with Crippen LogP contribution >= 0.6 is 11.3 Å². The number of carbonyl (C=O) groups excluding carboxylic acids is 1. The normalized spacial score (nSPS) is 20.3. The molecule has 8 heteroatoms.